The van der Waals surface area contributed by atoms with Crippen LogP contribution in [0, 0.1) is 0 Å². The Kier molecular flexibility index (Phi) is 5.37. The molecule has 0 saturated heterocycles. The van der Waals surface area contributed by atoms with Crippen LogP contribution in [0.2, 0.25) is 0 Å². The summed E-state index contributed by atoms with van der Waals surface area (Å²) in [5.41, 5.74) is 3.46. The van der Waals surface area contributed by atoms with Crippen LogP contribution < -0.4 is 15.5 Å². The van der Waals surface area contributed by atoms with E-state index in [0.29, 0.717) is 17.9 Å². The zero-order chi connectivity index (χ0) is 15.8. The molecule has 0 spiro atoms. The van der Waals surface area contributed by atoms with Crippen LogP contribution in [0.25, 0.3) is 0 Å². The van der Waals surface area contributed by atoms with Crippen molar-refractivity contribution in [3.63, 3.8) is 0 Å². The Morgan fingerprint density at radius 2 is 1.95 bits per heavy atom. The van der Waals surface area contributed by atoms with Crippen molar-refractivity contribution in [1.29, 1.82) is 0 Å². The number of para-hydroxylation sites is 1. The van der Waals surface area contributed by atoms with Gasteiger partial charge in [-0.25, -0.2) is 10.2 Å². The van der Waals surface area contributed by atoms with Gasteiger partial charge in [0.2, 0.25) is 0 Å². The van der Waals surface area contributed by atoms with E-state index in [4.69, 9.17) is 4.74 Å². The molecule has 0 saturated carbocycles. The maximum atomic E-state index is 11.7. The monoisotopic (exact) mass is 299 g/mol. The van der Waals surface area contributed by atoms with E-state index in [9.17, 15) is 9.90 Å². The molecule has 2 rings (SSSR count). The highest BCUT2D eigenvalue weighted by Crippen LogP contribution is 2.15. The van der Waals surface area contributed by atoms with E-state index in [1.54, 1.807) is 48.5 Å². The average molecular weight is 299 g/mol. The van der Waals surface area contributed by atoms with Gasteiger partial charge in [-0.15, -0.1) is 0 Å². The van der Waals surface area contributed by atoms with Crippen molar-refractivity contribution in [3.05, 3.63) is 54.1 Å². The number of carbonyl (C=O) groups excluding carboxylic acids is 1. The Bertz CT molecular complexity index is 654. The molecule has 0 radical (unpaired) electrons. The molecule has 0 unspecified atom stereocenters. The zero-order valence-corrected chi connectivity index (χ0v) is 12.1. The number of amides is 2. The van der Waals surface area contributed by atoms with Crippen molar-refractivity contribution in [1.82, 2.24) is 5.43 Å². The van der Waals surface area contributed by atoms with E-state index in [1.807, 2.05) is 6.92 Å². The largest absolute Gasteiger partial charge is 0.507 e. The minimum atomic E-state index is -0.476. The molecule has 0 bridgehead atoms. The average Bonchev–Trinajstić information content (AvgIpc) is 2.51. The molecular formula is C16H17N3O3. The van der Waals surface area contributed by atoms with Gasteiger partial charge >= 0.3 is 6.03 Å². The number of hydrogen-bond donors (Lipinski definition) is 3. The maximum Gasteiger partial charge on any atom is 0.339 e. The molecule has 114 valence electrons. The number of hydrogen-bond acceptors (Lipinski definition) is 4. The fourth-order valence-electron chi connectivity index (χ4n) is 1.72. The molecular weight excluding hydrogens is 282 g/mol. The van der Waals surface area contributed by atoms with Crippen molar-refractivity contribution in [2.75, 3.05) is 11.9 Å². The molecule has 0 aliphatic carbocycles. The van der Waals surface area contributed by atoms with E-state index < -0.39 is 6.03 Å². The van der Waals surface area contributed by atoms with E-state index >= 15 is 0 Å². The third-order valence-corrected chi connectivity index (χ3v) is 2.73. The highest BCUT2D eigenvalue weighted by Gasteiger charge is 2.01. The molecule has 6 nitrogen and oxygen atoms in total. The van der Waals surface area contributed by atoms with E-state index in [-0.39, 0.29) is 5.75 Å². The lowest BCUT2D eigenvalue weighted by molar-refractivity contribution is 0.252. The predicted octanol–water partition coefficient (Wildman–Crippen LogP) is 2.95. The van der Waals surface area contributed by atoms with Gasteiger partial charge in [0.15, 0.2) is 0 Å². The number of benzene rings is 2. The first kappa shape index (κ1) is 15.4. The second-order valence-electron chi connectivity index (χ2n) is 4.34. The van der Waals surface area contributed by atoms with Gasteiger partial charge in [0.05, 0.1) is 12.8 Å². The van der Waals surface area contributed by atoms with Crippen molar-refractivity contribution in [2.24, 2.45) is 5.10 Å². The number of aromatic hydroxyl groups is 1. The van der Waals surface area contributed by atoms with Crippen LogP contribution in [0.3, 0.4) is 0 Å². The highest BCUT2D eigenvalue weighted by atomic mass is 16.5. The summed E-state index contributed by atoms with van der Waals surface area (Å²) in [6, 6.07) is 13.2. The van der Waals surface area contributed by atoms with Crippen LogP contribution in [-0.4, -0.2) is 24.0 Å². The number of hydrazone groups is 1. The third kappa shape index (κ3) is 4.52. The minimum absolute atomic E-state index is 0.0972. The SMILES string of the molecule is CCOc1ccc(NC(=O)N/N=C/c2ccccc2O)cc1. The summed E-state index contributed by atoms with van der Waals surface area (Å²) in [6.45, 7) is 2.50. The number of anilines is 1. The minimum Gasteiger partial charge on any atom is -0.507 e. The summed E-state index contributed by atoms with van der Waals surface area (Å²) < 4.78 is 5.32. The van der Waals surface area contributed by atoms with E-state index in [0.717, 1.165) is 5.75 Å². The first-order valence-corrected chi connectivity index (χ1v) is 6.80. The molecule has 0 aliphatic rings. The van der Waals surface area contributed by atoms with E-state index in [2.05, 4.69) is 15.8 Å². The molecule has 2 aromatic rings. The number of carbonyl (C=O) groups is 1. The van der Waals surface area contributed by atoms with Gasteiger partial charge in [0.1, 0.15) is 11.5 Å². The first-order chi connectivity index (χ1) is 10.7. The molecule has 22 heavy (non-hydrogen) atoms. The standard InChI is InChI=1S/C16H17N3O3/c1-2-22-14-9-7-13(8-10-14)18-16(21)19-17-11-12-5-3-4-6-15(12)20/h3-11,20H,2H2,1H3,(H2,18,19,21)/b17-11+. The molecule has 3 N–H and O–H groups in total. The summed E-state index contributed by atoms with van der Waals surface area (Å²) >= 11 is 0. The van der Waals surface area contributed by atoms with Gasteiger partial charge in [-0.3, -0.25) is 0 Å². The smallest absolute Gasteiger partial charge is 0.339 e. The van der Waals surface area contributed by atoms with Crippen molar-refractivity contribution in [3.8, 4) is 11.5 Å². The maximum absolute atomic E-state index is 11.7. The van der Waals surface area contributed by atoms with Gasteiger partial charge in [-0.05, 0) is 43.3 Å². The summed E-state index contributed by atoms with van der Waals surface area (Å²) in [6.07, 6.45) is 1.37. The van der Waals surface area contributed by atoms with Crippen LogP contribution in [0.15, 0.2) is 53.6 Å². The lowest BCUT2D eigenvalue weighted by Gasteiger charge is -2.06. The lowest BCUT2D eigenvalue weighted by Crippen LogP contribution is -2.24. The van der Waals surface area contributed by atoms with Gasteiger partial charge < -0.3 is 15.2 Å². The summed E-state index contributed by atoms with van der Waals surface area (Å²) in [7, 11) is 0. The molecule has 0 aliphatic heterocycles. The number of nitrogens with zero attached hydrogens (tertiary/aromatic N) is 1. The zero-order valence-electron chi connectivity index (χ0n) is 12.1. The Balaban J connectivity index is 1.86. The molecule has 0 atom stereocenters. The third-order valence-electron chi connectivity index (χ3n) is 2.73. The Morgan fingerprint density at radius 1 is 1.23 bits per heavy atom. The van der Waals surface area contributed by atoms with Crippen LogP contribution in [0.1, 0.15) is 12.5 Å². The van der Waals surface area contributed by atoms with Crippen LogP contribution in [-0.2, 0) is 0 Å². The predicted molar refractivity (Wildman–Crippen MR) is 85.5 cm³/mol. The van der Waals surface area contributed by atoms with Crippen molar-refractivity contribution in [2.45, 2.75) is 6.92 Å². The Hall–Kier alpha value is -3.02. The Labute approximate surface area is 128 Å². The number of urea groups is 1. The van der Waals surface area contributed by atoms with Crippen LogP contribution >= 0.6 is 0 Å². The van der Waals surface area contributed by atoms with Gasteiger partial charge in [0, 0.05) is 11.3 Å². The fraction of sp³-hybridized carbons (Fsp3) is 0.125. The normalized spacial score (nSPS) is 10.4. The van der Waals surface area contributed by atoms with Crippen molar-refractivity contribution >= 4 is 17.9 Å². The number of nitrogens with one attached hydrogen (secondary N) is 2. The van der Waals surface area contributed by atoms with E-state index in [1.165, 1.54) is 6.21 Å². The topological polar surface area (TPSA) is 83.0 Å². The van der Waals surface area contributed by atoms with Crippen molar-refractivity contribution < 1.29 is 14.6 Å². The summed E-state index contributed by atoms with van der Waals surface area (Å²) in [4.78, 5) is 11.7. The molecule has 0 fully saturated rings. The quantitative estimate of drug-likeness (QED) is 0.586. The molecule has 0 heterocycles. The fourth-order valence-corrected chi connectivity index (χ4v) is 1.72. The number of rotatable bonds is 5. The molecule has 0 aromatic heterocycles. The molecule has 6 heteroatoms. The Morgan fingerprint density at radius 3 is 2.64 bits per heavy atom. The second-order valence-corrected chi connectivity index (χ2v) is 4.34. The van der Waals surface area contributed by atoms with Crippen LogP contribution in [0.4, 0.5) is 10.5 Å². The molecule has 2 aromatic carbocycles. The van der Waals surface area contributed by atoms with Gasteiger partial charge in [0.25, 0.3) is 0 Å². The van der Waals surface area contributed by atoms with Gasteiger partial charge in [-0.2, -0.15) is 5.10 Å². The number of phenolic OH excluding ortho intramolecular Hbond substituents is 1. The first-order valence-electron chi connectivity index (χ1n) is 6.80. The van der Waals surface area contributed by atoms with Gasteiger partial charge in [-0.1, -0.05) is 12.1 Å². The lowest BCUT2D eigenvalue weighted by atomic mass is 10.2. The number of phenols is 1. The highest BCUT2D eigenvalue weighted by molar-refractivity contribution is 5.90. The van der Waals surface area contributed by atoms with Crippen LogP contribution in [0.5, 0.6) is 11.5 Å². The summed E-state index contributed by atoms with van der Waals surface area (Å²) in [5, 5.41) is 16.0. The molecule has 2 amide bonds. The number of ether oxygens (including phenoxy) is 1. The second kappa shape index (κ2) is 7.68. The summed E-state index contributed by atoms with van der Waals surface area (Å²) in [5.74, 6) is 0.839.